The van der Waals surface area contributed by atoms with Crippen molar-refractivity contribution in [2.75, 3.05) is 4.72 Å². The molecule has 0 fully saturated rings. The van der Waals surface area contributed by atoms with Crippen LogP contribution in [0.25, 0.3) is 10.2 Å². The highest BCUT2D eigenvalue weighted by Crippen LogP contribution is 2.29. The van der Waals surface area contributed by atoms with E-state index in [9.17, 15) is 17.2 Å². The molecule has 2 aromatic carbocycles. The molecule has 0 amide bonds. The van der Waals surface area contributed by atoms with Gasteiger partial charge in [0.15, 0.2) is 5.13 Å². The molecule has 1 N–H and O–H groups in total. The number of halogens is 2. The summed E-state index contributed by atoms with van der Waals surface area (Å²) in [5.41, 5.74) is 1.65. The monoisotopic (exact) mass is 340 g/mol. The van der Waals surface area contributed by atoms with E-state index < -0.39 is 26.6 Å². The molecule has 3 aromatic rings. The topological polar surface area (TPSA) is 59.1 Å². The van der Waals surface area contributed by atoms with Crippen molar-refractivity contribution in [3.63, 3.8) is 0 Å². The molecule has 0 saturated heterocycles. The lowest BCUT2D eigenvalue weighted by Crippen LogP contribution is -2.14. The van der Waals surface area contributed by atoms with E-state index in [0.29, 0.717) is 11.6 Å². The zero-order chi connectivity index (χ0) is 15.9. The first kappa shape index (κ1) is 14.9. The maximum absolute atomic E-state index is 13.6. The summed E-state index contributed by atoms with van der Waals surface area (Å²) in [5, 5.41) is 0.101. The van der Waals surface area contributed by atoms with Crippen LogP contribution >= 0.6 is 11.3 Å². The molecule has 0 aliphatic rings. The zero-order valence-electron chi connectivity index (χ0n) is 11.3. The van der Waals surface area contributed by atoms with Crippen LogP contribution in [0, 0.1) is 18.6 Å². The highest BCUT2D eigenvalue weighted by molar-refractivity contribution is 7.93. The van der Waals surface area contributed by atoms with Gasteiger partial charge in [-0.2, -0.15) is 0 Å². The fourth-order valence-electron chi connectivity index (χ4n) is 1.93. The number of hydrogen-bond acceptors (Lipinski definition) is 4. The fraction of sp³-hybridized carbons (Fsp3) is 0.0714. The number of anilines is 1. The van der Waals surface area contributed by atoms with Gasteiger partial charge < -0.3 is 0 Å². The van der Waals surface area contributed by atoms with Crippen molar-refractivity contribution in [3.8, 4) is 0 Å². The molecule has 0 atom stereocenters. The molecule has 0 aliphatic carbocycles. The molecular formula is C14H10F2N2O2S2. The van der Waals surface area contributed by atoms with Crippen LogP contribution in [0.1, 0.15) is 5.56 Å². The maximum atomic E-state index is 13.6. The number of benzene rings is 2. The van der Waals surface area contributed by atoms with Crippen LogP contribution in [0.2, 0.25) is 0 Å². The third-order valence-corrected chi connectivity index (χ3v) is 5.37. The van der Waals surface area contributed by atoms with Crippen molar-refractivity contribution in [1.82, 2.24) is 4.98 Å². The summed E-state index contributed by atoms with van der Waals surface area (Å²) in [6.45, 7) is 1.91. The Bertz CT molecular complexity index is 968. The van der Waals surface area contributed by atoms with Crippen LogP contribution in [0.3, 0.4) is 0 Å². The highest BCUT2D eigenvalue weighted by Gasteiger charge is 2.21. The van der Waals surface area contributed by atoms with Gasteiger partial charge in [0.2, 0.25) is 0 Å². The van der Waals surface area contributed by atoms with Crippen LogP contribution in [-0.2, 0) is 10.0 Å². The summed E-state index contributed by atoms with van der Waals surface area (Å²) in [7, 11) is -4.24. The number of sulfonamides is 1. The smallest absolute Gasteiger partial charge is 0.255 e. The van der Waals surface area contributed by atoms with Crippen LogP contribution in [0.4, 0.5) is 13.9 Å². The second-order valence-corrected chi connectivity index (χ2v) is 7.35. The summed E-state index contributed by atoms with van der Waals surface area (Å²) < 4.78 is 54.1. The van der Waals surface area contributed by atoms with Gasteiger partial charge in [0, 0.05) is 0 Å². The summed E-state index contributed by atoms with van der Waals surface area (Å²) in [6, 6.07) is 7.75. The van der Waals surface area contributed by atoms with Crippen LogP contribution < -0.4 is 4.72 Å². The van der Waals surface area contributed by atoms with Gasteiger partial charge in [-0.05, 0) is 42.8 Å². The summed E-state index contributed by atoms with van der Waals surface area (Å²) in [6.07, 6.45) is 0. The minimum atomic E-state index is -4.24. The summed E-state index contributed by atoms with van der Waals surface area (Å²) >= 11 is 1.13. The van der Waals surface area contributed by atoms with Gasteiger partial charge >= 0.3 is 0 Å². The Balaban J connectivity index is 2.00. The van der Waals surface area contributed by atoms with Gasteiger partial charge in [0.1, 0.15) is 16.5 Å². The molecule has 1 aromatic heterocycles. The van der Waals surface area contributed by atoms with E-state index in [2.05, 4.69) is 9.71 Å². The molecule has 8 heteroatoms. The van der Waals surface area contributed by atoms with E-state index in [1.54, 1.807) is 6.07 Å². The van der Waals surface area contributed by atoms with Crippen molar-refractivity contribution < 1.29 is 17.2 Å². The first-order valence-electron chi connectivity index (χ1n) is 6.20. The molecule has 0 saturated carbocycles. The van der Waals surface area contributed by atoms with Gasteiger partial charge in [0.25, 0.3) is 10.0 Å². The molecule has 1 heterocycles. The van der Waals surface area contributed by atoms with Crippen LogP contribution in [-0.4, -0.2) is 13.4 Å². The third kappa shape index (κ3) is 2.79. The number of fused-ring (bicyclic) bond motifs is 1. The molecule has 3 rings (SSSR count). The molecule has 0 aliphatic heterocycles. The van der Waals surface area contributed by atoms with E-state index in [-0.39, 0.29) is 5.13 Å². The average molecular weight is 340 g/mol. The minimum Gasteiger partial charge on any atom is -0.255 e. The molecular weight excluding hydrogens is 330 g/mol. The van der Waals surface area contributed by atoms with Gasteiger partial charge in [-0.25, -0.2) is 22.2 Å². The Hall–Kier alpha value is -2.06. The van der Waals surface area contributed by atoms with Crippen LogP contribution in [0.15, 0.2) is 41.3 Å². The molecule has 0 spiro atoms. The van der Waals surface area contributed by atoms with Crippen molar-refractivity contribution in [3.05, 3.63) is 53.6 Å². The number of aryl methyl sites for hydroxylation is 1. The quantitative estimate of drug-likeness (QED) is 0.791. The Morgan fingerprint density at radius 1 is 1.14 bits per heavy atom. The number of nitrogens with zero attached hydrogens (tertiary/aromatic N) is 1. The molecule has 0 bridgehead atoms. The summed E-state index contributed by atoms with van der Waals surface area (Å²) in [5.74, 6) is -1.85. The number of hydrogen-bond donors (Lipinski definition) is 1. The molecule has 22 heavy (non-hydrogen) atoms. The van der Waals surface area contributed by atoms with Gasteiger partial charge in [-0.3, -0.25) is 4.72 Å². The first-order chi connectivity index (χ1) is 10.3. The van der Waals surface area contributed by atoms with E-state index in [1.165, 1.54) is 0 Å². The van der Waals surface area contributed by atoms with E-state index in [1.807, 2.05) is 19.1 Å². The molecule has 0 radical (unpaired) electrons. The Kier molecular flexibility index (Phi) is 3.57. The van der Waals surface area contributed by atoms with E-state index in [0.717, 1.165) is 33.7 Å². The predicted molar refractivity (Wildman–Crippen MR) is 81.5 cm³/mol. The third-order valence-electron chi connectivity index (χ3n) is 2.95. The molecule has 114 valence electrons. The lowest BCUT2D eigenvalue weighted by atomic mass is 10.2. The predicted octanol–water partition coefficient (Wildman–Crippen LogP) is 3.68. The SMILES string of the molecule is Cc1ccc2nc(NS(=O)(=O)c3cc(F)ccc3F)sc2c1. The van der Waals surface area contributed by atoms with Crippen molar-refractivity contribution in [2.24, 2.45) is 0 Å². The number of aromatic nitrogens is 1. The number of thiazole rings is 1. The molecule has 4 nitrogen and oxygen atoms in total. The standard InChI is InChI=1S/C14H10F2N2O2S2/c1-8-2-5-11-12(6-8)21-14(17-11)18-22(19,20)13-7-9(15)3-4-10(13)16/h2-7H,1H3,(H,17,18). The second-order valence-electron chi connectivity index (χ2n) is 4.67. The Labute approximate surface area is 129 Å². The normalized spacial score (nSPS) is 11.8. The number of rotatable bonds is 3. The zero-order valence-corrected chi connectivity index (χ0v) is 12.9. The molecule has 0 unspecified atom stereocenters. The van der Waals surface area contributed by atoms with Crippen molar-refractivity contribution in [2.45, 2.75) is 11.8 Å². The maximum Gasteiger partial charge on any atom is 0.266 e. The summed E-state index contributed by atoms with van der Waals surface area (Å²) in [4.78, 5) is 3.38. The van der Waals surface area contributed by atoms with Gasteiger partial charge in [0.05, 0.1) is 10.2 Å². The average Bonchev–Trinajstić information content (AvgIpc) is 2.81. The minimum absolute atomic E-state index is 0.101. The van der Waals surface area contributed by atoms with Crippen LogP contribution in [0.5, 0.6) is 0 Å². The van der Waals surface area contributed by atoms with Crippen molar-refractivity contribution in [1.29, 1.82) is 0 Å². The number of nitrogens with one attached hydrogen (secondary N) is 1. The van der Waals surface area contributed by atoms with E-state index in [4.69, 9.17) is 0 Å². The van der Waals surface area contributed by atoms with E-state index >= 15 is 0 Å². The van der Waals surface area contributed by atoms with Gasteiger partial charge in [-0.1, -0.05) is 17.4 Å². The Morgan fingerprint density at radius 2 is 1.91 bits per heavy atom. The second kappa shape index (κ2) is 5.29. The first-order valence-corrected chi connectivity index (χ1v) is 8.50. The lowest BCUT2D eigenvalue weighted by Gasteiger charge is -2.06. The Morgan fingerprint density at radius 3 is 2.68 bits per heavy atom. The lowest BCUT2D eigenvalue weighted by molar-refractivity contribution is 0.555. The largest absolute Gasteiger partial charge is 0.266 e. The van der Waals surface area contributed by atoms with Gasteiger partial charge in [-0.15, -0.1) is 0 Å². The highest BCUT2D eigenvalue weighted by atomic mass is 32.2. The van der Waals surface area contributed by atoms with Crippen molar-refractivity contribution >= 4 is 36.7 Å². The fourth-order valence-corrected chi connectivity index (χ4v) is 4.22.